The van der Waals surface area contributed by atoms with Crippen LogP contribution in [0.3, 0.4) is 0 Å². The van der Waals surface area contributed by atoms with Crippen molar-refractivity contribution in [3.05, 3.63) is 59.2 Å². The van der Waals surface area contributed by atoms with E-state index in [4.69, 9.17) is 4.74 Å². The standard InChI is InChI=1S/C20H23F2NO3S/c1-14-4-9-18(25-3)16(10-14)12-27-13-19(24)23(2)11-15-5-7-17(8-6-15)26-20(21)22/h4-10,20H,11-13H2,1-3H3. The zero-order valence-electron chi connectivity index (χ0n) is 15.6. The molecule has 2 rings (SSSR count). The molecular formula is C20H23F2NO3S. The van der Waals surface area contributed by atoms with Gasteiger partial charge >= 0.3 is 6.61 Å². The van der Waals surface area contributed by atoms with E-state index in [2.05, 4.69) is 10.8 Å². The molecule has 0 heterocycles. The summed E-state index contributed by atoms with van der Waals surface area (Å²) >= 11 is 1.53. The van der Waals surface area contributed by atoms with Crippen LogP contribution in [0, 0.1) is 6.92 Å². The number of hydrogen-bond donors (Lipinski definition) is 0. The molecule has 0 N–H and O–H groups in total. The van der Waals surface area contributed by atoms with E-state index in [1.165, 1.54) is 23.9 Å². The number of nitrogens with zero attached hydrogens (tertiary/aromatic N) is 1. The lowest BCUT2D eigenvalue weighted by Gasteiger charge is -2.17. The first kappa shape index (κ1) is 21.0. The smallest absolute Gasteiger partial charge is 0.387 e. The van der Waals surface area contributed by atoms with E-state index < -0.39 is 6.61 Å². The summed E-state index contributed by atoms with van der Waals surface area (Å²) in [5.41, 5.74) is 3.06. The maximum atomic E-state index is 12.3. The molecule has 0 radical (unpaired) electrons. The Kier molecular flexibility index (Phi) is 7.91. The molecule has 0 atom stereocenters. The Morgan fingerprint density at radius 1 is 1.19 bits per heavy atom. The Balaban J connectivity index is 1.82. The second-order valence-electron chi connectivity index (χ2n) is 6.08. The van der Waals surface area contributed by atoms with Crippen LogP contribution in [0.2, 0.25) is 0 Å². The lowest BCUT2D eigenvalue weighted by Crippen LogP contribution is -2.27. The minimum Gasteiger partial charge on any atom is -0.496 e. The van der Waals surface area contributed by atoms with Crippen LogP contribution in [0.25, 0.3) is 0 Å². The van der Waals surface area contributed by atoms with Gasteiger partial charge in [0, 0.05) is 24.9 Å². The van der Waals surface area contributed by atoms with Crippen molar-refractivity contribution in [2.45, 2.75) is 25.8 Å². The third-order valence-electron chi connectivity index (χ3n) is 3.91. The number of methoxy groups -OCH3 is 1. The van der Waals surface area contributed by atoms with Crippen LogP contribution < -0.4 is 9.47 Å². The fraction of sp³-hybridized carbons (Fsp3) is 0.350. The highest BCUT2D eigenvalue weighted by Gasteiger charge is 2.11. The van der Waals surface area contributed by atoms with Crippen molar-refractivity contribution in [3.63, 3.8) is 0 Å². The number of amides is 1. The van der Waals surface area contributed by atoms with E-state index in [1.807, 2.05) is 19.1 Å². The fourth-order valence-corrected chi connectivity index (χ4v) is 3.46. The number of ether oxygens (including phenoxy) is 2. The zero-order valence-corrected chi connectivity index (χ0v) is 16.4. The molecule has 7 heteroatoms. The summed E-state index contributed by atoms with van der Waals surface area (Å²) < 4.78 is 34.0. The van der Waals surface area contributed by atoms with Gasteiger partial charge in [0.05, 0.1) is 12.9 Å². The molecule has 0 saturated carbocycles. The van der Waals surface area contributed by atoms with Crippen LogP contribution in [0.5, 0.6) is 11.5 Å². The van der Waals surface area contributed by atoms with Crippen LogP contribution in [0.1, 0.15) is 16.7 Å². The van der Waals surface area contributed by atoms with Gasteiger partial charge in [0.1, 0.15) is 11.5 Å². The summed E-state index contributed by atoms with van der Waals surface area (Å²) in [5, 5.41) is 0. The molecule has 4 nitrogen and oxygen atoms in total. The van der Waals surface area contributed by atoms with Gasteiger partial charge in [-0.25, -0.2) is 0 Å². The number of carbonyl (C=O) groups excluding carboxylic acids is 1. The average molecular weight is 395 g/mol. The Labute approximate surface area is 162 Å². The second kappa shape index (κ2) is 10.2. The molecule has 0 bridgehead atoms. The molecule has 0 aliphatic carbocycles. The summed E-state index contributed by atoms with van der Waals surface area (Å²) in [6.07, 6.45) is 0. The van der Waals surface area contributed by atoms with Crippen molar-refractivity contribution in [3.8, 4) is 11.5 Å². The highest BCUT2D eigenvalue weighted by molar-refractivity contribution is 7.99. The second-order valence-corrected chi connectivity index (χ2v) is 7.07. The topological polar surface area (TPSA) is 38.8 Å². The monoisotopic (exact) mass is 395 g/mol. The predicted octanol–water partition coefficient (Wildman–Crippen LogP) is 4.50. The number of halogens is 2. The van der Waals surface area contributed by atoms with Gasteiger partial charge in [0.15, 0.2) is 0 Å². The highest BCUT2D eigenvalue weighted by atomic mass is 32.2. The number of hydrogen-bond acceptors (Lipinski definition) is 4. The zero-order chi connectivity index (χ0) is 19.8. The minimum atomic E-state index is -2.84. The summed E-state index contributed by atoms with van der Waals surface area (Å²) in [6, 6.07) is 12.3. The van der Waals surface area contributed by atoms with Crippen LogP contribution in [-0.2, 0) is 17.1 Å². The molecule has 0 aliphatic rings. The van der Waals surface area contributed by atoms with Crippen LogP contribution in [-0.4, -0.2) is 37.3 Å². The van der Waals surface area contributed by atoms with Gasteiger partial charge in [-0.15, -0.1) is 11.8 Å². The molecule has 0 saturated heterocycles. The first-order chi connectivity index (χ1) is 12.9. The first-order valence-electron chi connectivity index (χ1n) is 8.38. The van der Waals surface area contributed by atoms with Gasteiger partial charge < -0.3 is 14.4 Å². The largest absolute Gasteiger partial charge is 0.496 e. The minimum absolute atomic E-state index is 0.000438. The number of benzene rings is 2. The van der Waals surface area contributed by atoms with Gasteiger partial charge in [0.2, 0.25) is 5.91 Å². The molecule has 0 spiro atoms. The Morgan fingerprint density at radius 3 is 2.52 bits per heavy atom. The van der Waals surface area contributed by atoms with Crippen molar-refractivity contribution in [2.75, 3.05) is 19.9 Å². The van der Waals surface area contributed by atoms with E-state index in [9.17, 15) is 13.6 Å². The fourth-order valence-electron chi connectivity index (χ4n) is 2.52. The third kappa shape index (κ3) is 6.75. The normalized spacial score (nSPS) is 10.7. The molecule has 1 amide bonds. The highest BCUT2D eigenvalue weighted by Crippen LogP contribution is 2.24. The molecular weight excluding hydrogens is 372 g/mol. The van der Waals surface area contributed by atoms with Crippen LogP contribution in [0.15, 0.2) is 42.5 Å². The quantitative estimate of drug-likeness (QED) is 0.627. The Bertz CT molecular complexity index is 753. The Hall–Kier alpha value is -2.28. The van der Waals surface area contributed by atoms with Crippen molar-refractivity contribution in [1.82, 2.24) is 4.90 Å². The van der Waals surface area contributed by atoms with E-state index in [1.54, 1.807) is 31.2 Å². The van der Waals surface area contributed by atoms with Crippen molar-refractivity contribution >= 4 is 17.7 Å². The number of alkyl halides is 2. The summed E-state index contributed by atoms with van der Waals surface area (Å²) in [7, 11) is 3.36. The van der Waals surface area contributed by atoms with Crippen molar-refractivity contribution in [2.24, 2.45) is 0 Å². The number of aryl methyl sites for hydroxylation is 1. The first-order valence-corrected chi connectivity index (χ1v) is 9.53. The van der Waals surface area contributed by atoms with Gasteiger partial charge in [-0.1, -0.05) is 29.8 Å². The molecule has 27 heavy (non-hydrogen) atoms. The lowest BCUT2D eigenvalue weighted by atomic mass is 10.1. The summed E-state index contributed by atoms with van der Waals surface area (Å²) in [5.74, 6) is 1.95. The lowest BCUT2D eigenvalue weighted by molar-refractivity contribution is -0.127. The number of thioether (sulfide) groups is 1. The molecule has 0 unspecified atom stereocenters. The average Bonchev–Trinajstić information content (AvgIpc) is 2.63. The van der Waals surface area contributed by atoms with E-state index in [0.29, 0.717) is 18.1 Å². The molecule has 2 aromatic rings. The molecule has 0 aliphatic heterocycles. The van der Waals surface area contributed by atoms with E-state index in [0.717, 1.165) is 22.4 Å². The number of carbonyl (C=O) groups is 1. The maximum absolute atomic E-state index is 12.3. The van der Waals surface area contributed by atoms with Crippen LogP contribution >= 0.6 is 11.8 Å². The number of rotatable bonds is 9. The van der Waals surface area contributed by atoms with Crippen molar-refractivity contribution < 1.29 is 23.0 Å². The van der Waals surface area contributed by atoms with E-state index in [-0.39, 0.29) is 11.7 Å². The third-order valence-corrected chi connectivity index (χ3v) is 4.88. The predicted molar refractivity (Wildman–Crippen MR) is 103 cm³/mol. The van der Waals surface area contributed by atoms with E-state index >= 15 is 0 Å². The summed E-state index contributed by atoms with van der Waals surface area (Å²) in [6.45, 7) is -0.420. The van der Waals surface area contributed by atoms with Gasteiger partial charge in [-0.05, 0) is 30.7 Å². The van der Waals surface area contributed by atoms with Gasteiger partial charge in [0.25, 0.3) is 0 Å². The molecule has 2 aromatic carbocycles. The van der Waals surface area contributed by atoms with Crippen molar-refractivity contribution in [1.29, 1.82) is 0 Å². The van der Waals surface area contributed by atoms with Gasteiger partial charge in [-0.3, -0.25) is 4.79 Å². The maximum Gasteiger partial charge on any atom is 0.387 e. The molecule has 0 aromatic heterocycles. The van der Waals surface area contributed by atoms with Crippen LogP contribution in [0.4, 0.5) is 8.78 Å². The van der Waals surface area contributed by atoms with Gasteiger partial charge in [-0.2, -0.15) is 8.78 Å². The Morgan fingerprint density at radius 2 is 1.89 bits per heavy atom. The molecule has 146 valence electrons. The SMILES string of the molecule is COc1ccc(C)cc1CSCC(=O)N(C)Cc1ccc(OC(F)F)cc1. The summed E-state index contributed by atoms with van der Waals surface area (Å²) in [4.78, 5) is 13.9. The molecule has 0 fully saturated rings.